The maximum Gasteiger partial charge on any atom is 0.191 e. The van der Waals surface area contributed by atoms with Crippen molar-refractivity contribution in [3.8, 4) is 11.5 Å². The van der Waals surface area contributed by atoms with Crippen LogP contribution in [0.25, 0.3) is 0 Å². The first kappa shape index (κ1) is 21.4. The van der Waals surface area contributed by atoms with E-state index in [1.807, 2.05) is 4.68 Å². The fourth-order valence-electron chi connectivity index (χ4n) is 4.14. The lowest BCUT2D eigenvalue weighted by Crippen LogP contribution is -2.47. The Morgan fingerprint density at radius 1 is 1.35 bits per heavy atom. The molecule has 2 N–H and O–H groups in total. The van der Waals surface area contributed by atoms with Gasteiger partial charge in [0, 0.05) is 43.7 Å². The van der Waals surface area contributed by atoms with Crippen molar-refractivity contribution in [2.24, 2.45) is 4.99 Å². The molecule has 168 valence electrons. The van der Waals surface area contributed by atoms with Crippen LogP contribution in [0, 0.1) is 0 Å². The fourth-order valence-corrected chi connectivity index (χ4v) is 4.14. The summed E-state index contributed by atoms with van der Waals surface area (Å²) in [7, 11) is 3.36. The summed E-state index contributed by atoms with van der Waals surface area (Å²) in [4.78, 5) is 9.36. The van der Waals surface area contributed by atoms with Crippen LogP contribution in [0.2, 0.25) is 0 Å². The Balaban J connectivity index is 1.45. The molecule has 4 rings (SSSR count). The third-order valence-corrected chi connectivity index (χ3v) is 5.57. The average Bonchev–Trinajstić information content (AvgIpc) is 3.32. The van der Waals surface area contributed by atoms with Crippen molar-refractivity contribution in [3.63, 3.8) is 0 Å². The molecule has 2 aliphatic heterocycles. The van der Waals surface area contributed by atoms with Crippen LogP contribution in [-0.2, 0) is 37.3 Å². The zero-order chi connectivity index (χ0) is 21.8. The lowest BCUT2D eigenvalue weighted by atomic mass is 10.1. The second-order valence-corrected chi connectivity index (χ2v) is 8.04. The Hall–Kier alpha value is -2.81. The number of nitrogens with one attached hydrogen (secondary N) is 2. The minimum absolute atomic E-state index is 0.204. The van der Waals surface area contributed by atoms with E-state index >= 15 is 0 Å². The number of methoxy groups -OCH3 is 2. The minimum atomic E-state index is 0.204. The second-order valence-electron chi connectivity index (χ2n) is 8.04. The van der Waals surface area contributed by atoms with Crippen molar-refractivity contribution in [1.82, 2.24) is 25.4 Å². The fraction of sp³-hybridized carbons (Fsp3) is 0.591. The maximum atomic E-state index is 5.92. The van der Waals surface area contributed by atoms with Gasteiger partial charge in [0.1, 0.15) is 30.0 Å². The van der Waals surface area contributed by atoms with Crippen LogP contribution in [0.5, 0.6) is 11.5 Å². The molecule has 0 radical (unpaired) electrons. The first-order chi connectivity index (χ1) is 15.1. The average molecular weight is 429 g/mol. The Labute approximate surface area is 183 Å². The highest BCUT2D eigenvalue weighted by molar-refractivity contribution is 5.80. The van der Waals surface area contributed by atoms with Gasteiger partial charge in [0.2, 0.25) is 0 Å². The SMILES string of the molecule is CCNC(=NCc1cc2c(cc1OC)CC(C)O2)NC1CCc2nc(COC)nn2C1. The van der Waals surface area contributed by atoms with E-state index < -0.39 is 0 Å². The number of aliphatic imine (C=N–C) groups is 1. The summed E-state index contributed by atoms with van der Waals surface area (Å²) in [6.45, 7) is 6.63. The standard InChI is InChI=1S/C22H32N6O3/c1-5-23-22(25-17-6-7-21-26-20(13-29-3)27-28(21)12-17)24-11-16-10-19-15(8-14(2)31-19)9-18(16)30-4/h9-10,14,17H,5-8,11-13H2,1-4H3,(H2,23,24,25). The molecule has 2 aliphatic rings. The number of guanidine groups is 1. The van der Waals surface area contributed by atoms with Gasteiger partial charge in [0.05, 0.1) is 20.2 Å². The third-order valence-electron chi connectivity index (χ3n) is 5.57. The first-order valence-corrected chi connectivity index (χ1v) is 10.9. The molecule has 2 atom stereocenters. The summed E-state index contributed by atoms with van der Waals surface area (Å²) in [5.41, 5.74) is 2.21. The molecule has 0 saturated carbocycles. The van der Waals surface area contributed by atoms with E-state index in [2.05, 4.69) is 46.7 Å². The molecule has 9 nitrogen and oxygen atoms in total. The van der Waals surface area contributed by atoms with Crippen LogP contribution in [0.15, 0.2) is 17.1 Å². The van der Waals surface area contributed by atoms with E-state index in [0.29, 0.717) is 13.2 Å². The van der Waals surface area contributed by atoms with Crippen LogP contribution in [0.1, 0.15) is 43.0 Å². The number of hydrogen-bond acceptors (Lipinski definition) is 6. The Kier molecular flexibility index (Phi) is 6.60. The number of aryl methyl sites for hydroxylation is 1. The summed E-state index contributed by atoms with van der Waals surface area (Å²) in [5.74, 6) is 4.33. The molecule has 2 unspecified atom stereocenters. The van der Waals surface area contributed by atoms with E-state index in [1.54, 1.807) is 14.2 Å². The lowest BCUT2D eigenvalue weighted by Gasteiger charge is -2.25. The largest absolute Gasteiger partial charge is 0.496 e. The Morgan fingerprint density at radius 2 is 2.23 bits per heavy atom. The number of rotatable bonds is 7. The molecular weight excluding hydrogens is 396 g/mol. The van der Waals surface area contributed by atoms with Crippen LogP contribution in [-0.4, -0.2) is 53.6 Å². The van der Waals surface area contributed by atoms with Crippen molar-refractivity contribution >= 4 is 5.96 Å². The lowest BCUT2D eigenvalue weighted by molar-refractivity contribution is 0.177. The quantitative estimate of drug-likeness (QED) is 0.513. The molecule has 9 heteroatoms. The van der Waals surface area contributed by atoms with E-state index in [1.165, 1.54) is 5.56 Å². The van der Waals surface area contributed by atoms with Crippen molar-refractivity contribution in [2.45, 2.75) is 65.0 Å². The molecule has 0 bridgehead atoms. The predicted molar refractivity (Wildman–Crippen MR) is 118 cm³/mol. The molecule has 0 saturated heterocycles. The van der Waals surface area contributed by atoms with Gasteiger partial charge in [-0.25, -0.2) is 14.7 Å². The van der Waals surface area contributed by atoms with Crippen LogP contribution in [0.3, 0.4) is 0 Å². The number of ether oxygens (including phenoxy) is 3. The van der Waals surface area contributed by atoms with E-state index in [-0.39, 0.29) is 12.1 Å². The van der Waals surface area contributed by atoms with Gasteiger partial charge in [0.25, 0.3) is 0 Å². The zero-order valence-electron chi connectivity index (χ0n) is 18.8. The van der Waals surface area contributed by atoms with Crippen molar-refractivity contribution < 1.29 is 14.2 Å². The summed E-state index contributed by atoms with van der Waals surface area (Å²) in [5, 5.41) is 11.5. The summed E-state index contributed by atoms with van der Waals surface area (Å²) in [6, 6.07) is 4.37. The number of hydrogen-bond donors (Lipinski definition) is 2. The van der Waals surface area contributed by atoms with Gasteiger partial charge in [-0.1, -0.05) is 0 Å². The van der Waals surface area contributed by atoms with Crippen LogP contribution >= 0.6 is 0 Å². The normalized spacial score (nSPS) is 20.1. The van der Waals surface area contributed by atoms with Crippen molar-refractivity contribution in [2.75, 3.05) is 20.8 Å². The van der Waals surface area contributed by atoms with Crippen molar-refractivity contribution in [3.05, 3.63) is 34.9 Å². The van der Waals surface area contributed by atoms with Crippen LogP contribution in [0.4, 0.5) is 0 Å². The summed E-state index contributed by atoms with van der Waals surface area (Å²) < 4.78 is 18.7. The van der Waals surface area contributed by atoms with Gasteiger partial charge in [-0.3, -0.25) is 0 Å². The smallest absolute Gasteiger partial charge is 0.191 e. The van der Waals surface area contributed by atoms with Gasteiger partial charge in [-0.15, -0.1) is 0 Å². The molecule has 0 fully saturated rings. The molecule has 1 aromatic carbocycles. The first-order valence-electron chi connectivity index (χ1n) is 10.9. The monoisotopic (exact) mass is 428 g/mol. The Morgan fingerprint density at radius 3 is 3.00 bits per heavy atom. The predicted octanol–water partition coefficient (Wildman–Crippen LogP) is 1.83. The second kappa shape index (κ2) is 9.55. The number of nitrogens with zero attached hydrogens (tertiary/aromatic N) is 4. The van der Waals surface area contributed by atoms with Crippen LogP contribution < -0.4 is 20.1 Å². The number of fused-ring (bicyclic) bond motifs is 2. The van der Waals surface area contributed by atoms with E-state index in [9.17, 15) is 0 Å². The highest BCUT2D eigenvalue weighted by Gasteiger charge is 2.23. The third kappa shape index (κ3) is 4.92. The number of benzene rings is 1. The van der Waals surface area contributed by atoms with Gasteiger partial charge in [-0.05, 0) is 32.4 Å². The van der Waals surface area contributed by atoms with E-state index in [4.69, 9.17) is 19.2 Å². The summed E-state index contributed by atoms with van der Waals surface area (Å²) >= 11 is 0. The minimum Gasteiger partial charge on any atom is -0.496 e. The maximum absolute atomic E-state index is 5.92. The molecule has 0 spiro atoms. The molecule has 0 amide bonds. The zero-order valence-corrected chi connectivity index (χ0v) is 18.8. The number of aromatic nitrogens is 3. The van der Waals surface area contributed by atoms with Crippen molar-refractivity contribution in [1.29, 1.82) is 0 Å². The molecule has 0 aliphatic carbocycles. The Bertz CT molecular complexity index is 942. The molecule has 1 aromatic heterocycles. The van der Waals surface area contributed by atoms with Gasteiger partial charge in [-0.2, -0.15) is 5.10 Å². The van der Waals surface area contributed by atoms with E-state index in [0.717, 1.165) is 67.0 Å². The van der Waals surface area contributed by atoms with Gasteiger partial charge >= 0.3 is 0 Å². The molecule has 3 heterocycles. The molecule has 2 aromatic rings. The molecular formula is C22H32N6O3. The molecule has 31 heavy (non-hydrogen) atoms. The highest BCUT2D eigenvalue weighted by Crippen LogP contribution is 2.35. The van der Waals surface area contributed by atoms with Gasteiger partial charge in [0.15, 0.2) is 11.8 Å². The summed E-state index contributed by atoms with van der Waals surface area (Å²) in [6.07, 6.45) is 2.97. The van der Waals surface area contributed by atoms with Gasteiger partial charge < -0.3 is 24.8 Å². The topological polar surface area (TPSA) is 94.8 Å². The highest BCUT2D eigenvalue weighted by atomic mass is 16.5.